The maximum Gasteiger partial charge on any atom is 0.129 e. The smallest absolute Gasteiger partial charge is 0.129 e. The van der Waals surface area contributed by atoms with E-state index in [-0.39, 0.29) is 6.10 Å². The Balaban J connectivity index is 1.98. The van der Waals surface area contributed by atoms with E-state index in [0.29, 0.717) is 0 Å². The van der Waals surface area contributed by atoms with Crippen molar-refractivity contribution < 1.29 is 4.74 Å². The van der Waals surface area contributed by atoms with Crippen LogP contribution in [0.4, 0.5) is 0 Å². The summed E-state index contributed by atoms with van der Waals surface area (Å²) in [6.45, 7) is 11.7. The molecule has 0 bridgehead atoms. The molecule has 0 spiro atoms. The molecule has 1 aromatic heterocycles. The van der Waals surface area contributed by atoms with Gasteiger partial charge in [-0.3, -0.25) is 0 Å². The van der Waals surface area contributed by atoms with Crippen LogP contribution in [-0.2, 0) is 6.54 Å². The molecule has 21 heavy (non-hydrogen) atoms. The van der Waals surface area contributed by atoms with Crippen LogP contribution in [0.15, 0.2) is 30.5 Å². The zero-order valence-electron chi connectivity index (χ0n) is 13.7. The van der Waals surface area contributed by atoms with Crippen molar-refractivity contribution in [2.75, 3.05) is 13.1 Å². The van der Waals surface area contributed by atoms with Gasteiger partial charge in [-0.15, -0.1) is 0 Å². The summed E-state index contributed by atoms with van der Waals surface area (Å²) in [5.74, 6) is 1.75. The first kappa shape index (κ1) is 15.9. The summed E-state index contributed by atoms with van der Waals surface area (Å²) in [6, 6.07) is 8.44. The van der Waals surface area contributed by atoms with E-state index in [4.69, 9.17) is 4.74 Å². The van der Waals surface area contributed by atoms with Crippen molar-refractivity contribution >= 4 is 10.9 Å². The zero-order valence-corrected chi connectivity index (χ0v) is 13.7. The highest BCUT2D eigenvalue weighted by Gasteiger charge is 2.07. The molecule has 3 nitrogen and oxygen atoms in total. The quantitative estimate of drug-likeness (QED) is 0.741. The second-order valence-corrected chi connectivity index (χ2v) is 6.30. The first-order valence-electron chi connectivity index (χ1n) is 8.03. The minimum Gasteiger partial charge on any atom is -0.490 e. The number of rotatable bonds is 8. The number of hydrogen-bond donors (Lipinski definition) is 1. The van der Waals surface area contributed by atoms with Gasteiger partial charge in [0.1, 0.15) is 5.75 Å². The Hall–Kier alpha value is -1.48. The molecule has 0 saturated carbocycles. The Morgan fingerprint density at radius 1 is 1.10 bits per heavy atom. The zero-order chi connectivity index (χ0) is 15.2. The third-order valence-corrected chi connectivity index (χ3v) is 3.56. The summed E-state index contributed by atoms with van der Waals surface area (Å²) in [5, 5.41) is 4.72. The van der Waals surface area contributed by atoms with Gasteiger partial charge in [0, 0.05) is 24.7 Å². The molecule has 0 amide bonds. The summed E-state index contributed by atoms with van der Waals surface area (Å²) < 4.78 is 8.18. The fraction of sp³-hybridized carbons (Fsp3) is 0.556. The van der Waals surface area contributed by atoms with Crippen LogP contribution in [0.5, 0.6) is 5.75 Å². The van der Waals surface area contributed by atoms with E-state index in [0.717, 1.165) is 31.3 Å². The van der Waals surface area contributed by atoms with E-state index in [1.54, 1.807) is 0 Å². The largest absolute Gasteiger partial charge is 0.490 e. The minimum atomic E-state index is 0.205. The SMILES string of the molecule is CC(C)CCNCCn1ccc2c(OC(C)C)cccc21. The number of benzene rings is 1. The van der Waals surface area contributed by atoms with Crippen molar-refractivity contribution in [1.82, 2.24) is 9.88 Å². The van der Waals surface area contributed by atoms with Crippen molar-refractivity contribution in [3.63, 3.8) is 0 Å². The molecular formula is C18H28N2O. The molecule has 0 aliphatic carbocycles. The van der Waals surface area contributed by atoms with Gasteiger partial charge < -0.3 is 14.6 Å². The second-order valence-electron chi connectivity index (χ2n) is 6.30. The lowest BCUT2D eigenvalue weighted by molar-refractivity contribution is 0.245. The van der Waals surface area contributed by atoms with Crippen LogP contribution in [0.1, 0.15) is 34.1 Å². The van der Waals surface area contributed by atoms with Crippen molar-refractivity contribution in [3.05, 3.63) is 30.5 Å². The Bertz CT molecular complexity index is 557. The standard InChI is InChI=1S/C18H28N2O/c1-14(2)8-10-19-11-13-20-12-9-16-17(20)6-5-7-18(16)21-15(3)4/h5-7,9,12,14-15,19H,8,10-11,13H2,1-4H3. The molecule has 0 fully saturated rings. The molecule has 1 N–H and O–H groups in total. The summed E-state index contributed by atoms with van der Waals surface area (Å²) in [6.07, 6.45) is 3.59. The normalized spacial score (nSPS) is 11.7. The van der Waals surface area contributed by atoms with E-state index >= 15 is 0 Å². The maximum absolute atomic E-state index is 5.88. The highest BCUT2D eigenvalue weighted by atomic mass is 16.5. The number of aromatic nitrogens is 1. The average molecular weight is 288 g/mol. The highest BCUT2D eigenvalue weighted by Crippen LogP contribution is 2.27. The summed E-state index contributed by atoms with van der Waals surface area (Å²) in [4.78, 5) is 0. The number of fused-ring (bicyclic) bond motifs is 1. The highest BCUT2D eigenvalue weighted by molar-refractivity contribution is 5.86. The van der Waals surface area contributed by atoms with Gasteiger partial charge in [0.25, 0.3) is 0 Å². The van der Waals surface area contributed by atoms with Gasteiger partial charge in [0.2, 0.25) is 0 Å². The van der Waals surface area contributed by atoms with Crippen LogP contribution >= 0.6 is 0 Å². The molecule has 2 aromatic rings. The van der Waals surface area contributed by atoms with Crippen LogP contribution in [0.3, 0.4) is 0 Å². The van der Waals surface area contributed by atoms with Gasteiger partial charge in [-0.25, -0.2) is 0 Å². The topological polar surface area (TPSA) is 26.2 Å². The van der Waals surface area contributed by atoms with Crippen LogP contribution in [0.2, 0.25) is 0 Å². The van der Waals surface area contributed by atoms with Gasteiger partial charge in [0.05, 0.1) is 11.6 Å². The van der Waals surface area contributed by atoms with Gasteiger partial charge in [0.15, 0.2) is 0 Å². The lowest BCUT2D eigenvalue weighted by Crippen LogP contribution is -2.21. The molecule has 116 valence electrons. The molecule has 1 aromatic carbocycles. The predicted octanol–water partition coefficient (Wildman–Crippen LogP) is 4.06. The molecule has 0 radical (unpaired) electrons. The Kier molecular flexibility index (Phi) is 5.68. The third kappa shape index (κ3) is 4.50. The van der Waals surface area contributed by atoms with Crippen molar-refractivity contribution in [1.29, 1.82) is 0 Å². The Morgan fingerprint density at radius 2 is 1.90 bits per heavy atom. The molecule has 0 aliphatic rings. The van der Waals surface area contributed by atoms with Crippen LogP contribution in [0, 0.1) is 5.92 Å². The lowest BCUT2D eigenvalue weighted by Gasteiger charge is -2.12. The van der Waals surface area contributed by atoms with Crippen LogP contribution < -0.4 is 10.1 Å². The number of nitrogens with one attached hydrogen (secondary N) is 1. The van der Waals surface area contributed by atoms with Crippen LogP contribution in [-0.4, -0.2) is 23.8 Å². The maximum atomic E-state index is 5.88. The molecule has 0 saturated heterocycles. The lowest BCUT2D eigenvalue weighted by atomic mass is 10.1. The summed E-state index contributed by atoms with van der Waals surface area (Å²) in [7, 11) is 0. The first-order chi connectivity index (χ1) is 10.1. The molecule has 0 aliphatic heterocycles. The number of nitrogens with zero attached hydrogens (tertiary/aromatic N) is 1. The molecular weight excluding hydrogens is 260 g/mol. The molecule has 0 unspecified atom stereocenters. The number of hydrogen-bond acceptors (Lipinski definition) is 2. The van der Waals surface area contributed by atoms with Crippen molar-refractivity contribution in [2.45, 2.75) is 46.8 Å². The number of ether oxygens (including phenoxy) is 1. The Morgan fingerprint density at radius 3 is 2.62 bits per heavy atom. The van der Waals surface area contributed by atoms with Crippen LogP contribution in [0.25, 0.3) is 10.9 Å². The van der Waals surface area contributed by atoms with E-state index in [1.165, 1.54) is 17.3 Å². The molecule has 2 rings (SSSR count). The monoisotopic (exact) mass is 288 g/mol. The van der Waals surface area contributed by atoms with Crippen molar-refractivity contribution in [3.8, 4) is 5.75 Å². The second kappa shape index (κ2) is 7.51. The van der Waals surface area contributed by atoms with Gasteiger partial charge in [-0.2, -0.15) is 0 Å². The van der Waals surface area contributed by atoms with Gasteiger partial charge >= 0.3 is 0 Å². The third-order valence-electron chi connectivity index (χ3n) is 3.56. The van der Waals surface area contributed by atoms with E-state index in [9.17, 15) is 0 Å². The molecule has 0 atom stereocenters. The van der Waals surface area contributed by atoms with Gasteiger partial charge in [-0.1, -0.05) is 19.9 Å². The average Bonchev–Trinajstić information content (AvgIpc) is 2.82. The molecule has 3 heteroatoms. The summed E-state index contributed by atoms with van der Waals surface area (Å²) >= 11 is 0. The van der Waals surface area contributed by atoms with Crippen molar-refractivity contribution in [2.24, 2.45) is 5.92 Å². The van der Waals surface area contributed by atoms with Gasteiger partial charge in [-0.05, 0) is 50.9 Å². The predicted molar refractivity (Wildman–Crippen MR) is 90.0 cm³/mol. The molecule has 1 heterocycles. The first-order valence-corrected chi connectivity index (χ1v) is 8.03. The summed E-state index contributed by atoms with van der Waals surface area (Å²) in [5.41, 5.74) is 1.25. The van der Waals surface area contributed by atoms with E-state index in [2.05, 4.69) is 62.0 Å². The van der Waals surface area contributed by atoms with E-state index in [1.807, 2.05) is 6.07 Å². The minimum absolute atomic E-state index is 0.205. The van der Waals surface area contributed by atoms with E-state index < -0.39 is 0 Å². The Labute approximate surface area is 128 Å². The fourth-order valence-electron chi connectivity index (χ4n) is 2.46. The fourth-order valence-corrected chi connectivity index (χ4v) is 2.46.